The van der Waals surface area contributed by atoms with Crippen LogP contribution in [0.3, 0.4) is 0 Å². The Bertz CT molecular complexity index is 1050. The number of phenols is 1. The molecule has 31 heavy (non-hydrogen) atoms. The zero-order valence-corrected chi connectivity index (χ0v) is 16.3. The molecular formula is C21H20F3N5O2. The molecular weight excluding hydrogens is 411 g/mol. The molecule has 1 saturated carbocycles. The highest BCUT2D eigenvalue weighted by Crippen LogP contribution is 2.49. The fraction of sp³-hybridized carbons (Fsp3) is 0.333. The Morgan fingerprint density at radius 3 is 2.65 bits per heavy atom. The van der Waals surface area contributed by atoms with Crippen molar-refractivity contribution in [1.82, 2.24) is 10.2 Å². The molecule has 1 amide bonds. The van der Waals surface area contributed by atoms with Gasteiger partial charge in [0.05, 0.1) is 17.3 Å². The van der Waals surface area contributed by atoms with E-state index in [0.717, 1.165) is 12.1 Å². The number of aromatic nitrogens is 2. The number of nitrogens with one attached hydrogen (secondary N) is 1. The summed E-state index contributed by atoms with van der Waals surface area (Å²) in [7, 11) is 0. The lowest BCUT2D eigenvalue weighted by Crippen LogP contribution is -2.54. The number of carbonyl (C=O) groups is 1. The fourth-order valence-corrected chi connectivity index (χ4v) is 4.09. The first-order chi connectivity index (χ1) is 14.8. The van der Waals surface area contributed by atoms with Crippen LogP contribution in [0.15, 0.2) is 41.4 Å². The molecule has 1 aliphatic carbocycles. The minimum atomic E-state index is -1.29. The van der Waals surface area contributed by atoms with Crippen LogP contribution >= 0.6 is 0 Å². The number of carbonyl (C=O) groups excluding carboxylic acids is 1. The number of nitrogens with two attached hydrogens (primary N) is 1. The molecule has 1 fully saturated rings. The van der Waals surface area contributed by atoms with Crippen LogP contribution in [0.25, 0.3) is 11.3 Å². The first-order valence-electron chi connectivity index (χ1n) is 9.67. The summed E-state index contributed by atoms with van der Waals surface area (Å²) in [5.74, 6) is -1.93. The lowest BCUT2D eigenvalue weighted by atomic mass is 9.61. The predicted molar refractivity (Wildman–Crippen MR) is 109 cm³/mol. The maximum atomic E-state index is 14.3. The van der Waals surface area contributed by atoms with Gasteiger partial charge in [-0.3, -0.25) is 9.79 Å². The second kappa shape index (κ2) is 8.01. The molecule has 4 rings (SSSR count). The molecule has 2 heterocycles. The zero-order valence-electron chi connectivity index (χ0n) is 16.3. The summed E-state index contributed by atoms with van der Waals surface area (Å²) in [6.07, 6.45) is 2.56. The summed E-state index contributed by atoms with van der Waals surface area (Å²) < 4.78 is 42.3. The fourth-order valence-electron chi connectivity index (χ4n) is 4.09. The van der Waals surface area contributed by atoms with E-state index in [1.165, 1.54) is 30.5 Å². The highest BCUT2D eigenvalue weighted by atomic mass is 19.1. The summed E-state index contributed by atoms with van der Waals surface area (Å²) in [4.78, 5) is 15.6. The maximum Gasteiger partial charge on any atom is 0.252 e. The largest absolute Gasteiger partial charge is 0.507 e. The summed E-state index contributed by atoms with van der Waals surface area (Å²) in [6, 6.07) is 4.21. The third-order valence-corrected chi connectivity index (χ3v) is 5.73. The molecule has 2 aliphatic rings. The molecule has 0 radical (unpaired) electrons. The van der Waals surface area contributed by atoms with Crippen molar-refractivity contribution >= 4 is 17.9 Å². The number of rotatable bonds is 6. The van der Waals surface area contributed by atoms with Crippen molar-refractivity contribution in [1.29, 1.82) is 0 Å². The summed E-state index contributed by atoms with van der Waals surface area (Å²) in [6.45, 7) is 0.247. The van der Waals surface area contributed by atoms with Gasteiger partial charge in [-0.1, -0.05) is 0 Å². The van der Waals surface area contributed by atoms with E-state index in [-0.39, 0.29) is 36.2 Å². The van der Waals surface area contributed by atoms with Gasteiger partial charge in [-0.25, -0.2) is 13.2 Å². The van der Waals surface area contributed by atoms with Crippen molar-refractivity contribution in [2.45, 2.75) is 31.2 Å². The number of aromatic hydroxyl groups is 1. The van der Waals surface area contributed by atoms with Gasteiger partial charge in [0.1, 0.15) is 29.7 Å². The minimum Gasteiger partial charge on any atom is -0.507 e. The summed E-state index contributed by atoms with van der Waals surface area (Å²) >= 11 is 0. The van der Waals surface area contributed by atoms with Gasteiger partial charge >= 0.3 is 0 Å². The van der Waals surface area contributed by atoms with E-state index in [2.05, 4.69) is 20.5 Å². The highest BCUT2D eigenvalue weighted by molar-refractivity contribution is 5.96. The number of halogens is 3. The second-order valence-electron chi connectivity index (χ2n) is 7.81. The Morgan fingerprint density at radius 1 is 1.26 bits per heavy atom. The van der Waals surface area contributed by atoms with Gasteiger partial charge in [-0.15, -0.1) is 10.2 Å². The molecule has 2 unspecified atom stereocenters. The van der Waals surface area contributed by atoms with E-state index in [9.17, 15) is 23.1 Å². The van der Waals surface area contributed by atoms with E-state index in [1.807, 2.05) is 0 Å². The number of primary amides is 1. The Labute approximate surface area is 175 Å². The van der Waals surface area contributed by atoms with Crippen LogP contribution in [0.1, 0.15) is 23.2 Å². The van der Waals surface area contributed by atoms with Crippen molar-refractivity contribution in [3.63, 3.8) is 0 Å². The van der Waals surface area contributed by atoms with Gasteiger partial charge in [0.2, 0.25) is 0 Å². The molecule has 0 spiro atoms. The normalized spacial score (nSPS) is 27.0. The number of hydrogen-bond donors (Lipinski definition) is 3. The van der Waals surface area contributed by atoms with Crippen LogP contribution in [-0.2, 0) is 0 Å². The van der Waals surface area contributed by atoms with Gasteiger partial charge in [0.15, 0.2) is 0 Å². The molecule has 2 aromatic rings. The summed E-state index contributed by atoms with van der Waals surface area (Å²) in [5.41, 5.74) is 4.33. The number of allylic oxidation sites excluding steroid dienone is 1. The first-order valence-corrected chi connectivity index (χ1v) is 9.67. The maximum absolute atomic E-state index is 14.3. The quantitative estimate of drug-likeness (QED) is 0.651. The Morgan fingerprint density at radius 2 is 2.03 bits per heavy atom. The predicted octanol–water partition coefficient (Wildman–Crippen LogP) is 2.96. The number of nitrogens with zero attached hydrogens (tertiary/aromatic N) is 3. The van der Waals surface area contributed by atoms with Crippen molar-refractivity contribution in [2.24, 2.45) is 16.1 Å². The number of alkyl halides is 2. The lowest BCUT2D eigenvalue weighted by molar-refractivity contribution is -0.00199. The number of dihydropyridines is 1. The number of benzene rings is 1. The van der Waals surface area contributed by atoms with Crippen LogP contribution < -0.4 is 11.1 Å². The monoisotopic (exact) mass is 431 g/mol. The van der Waals surface area contributed by atoms with E-state index < -0.39 is 41.3 Å². The highest BCUT2D eigenvalue weighted by Gasteiger charge is 2.52. The van der Waals surface area contributed by atoms with Crippen LogP contribution in [0, 0.1) is 11.2 Å². The molecule has 4 N–H and O–H groups in total. The van der Waals surface area contributed by atoms with Crippen molar-refractivity contribution < 1.29 is 23.1 Å². The molecule has 2 atom stereocenters. The van der Waals surface area contributed by atoms with Crippen molar-refractivity contribution in [2.75, 3.05) is 11.9 Å². The van der Waals surface area contributed by atoms with Gasteiger partial charge in [-0.2, -0.15) is 0 Å². The van der Waals surface area contributed by atoms with Crippen LogP contribution in [0.5, 0.6) is 5.75 Å². The van der Waals surface area contributed by atoms with Crippen LogP contribution in [-0.4, -0.2) is 52.4 Å². The van der Waals surface area contributed by atoms with Crippen molar-refractivity contribution in [3.8, 4) is 17.0 Å². The van der Waals surface area contributed by atoms with Crippen LogP contribution in [0.2, 0.25) is 0 Å². The van der Waals surface area contributed by atoms with E-state index in [4.69, 9.17) is 5.73 Å². The number of aliphatic imine (C=N–C) groups is 1. The van der Waals surface area contributed by atoms with E-state index in [1.54, 1.807) is 0 Å². The number of hydrogen-bond acceptors (Lipinski definition) is 6. The molecule has 0 saturated heterocycles. The Hall–Kier alpha value is -3.43. The number of anilines is 1. The zero-order chi connectivity index (χ0) is 22.2. The topological polar surface area (TPSA) is 113 Å². The molecule has 1 aromatic carbocycles. The van der Waals surface area contributed by atoms with Gasteiger partial charge in [0, 0.05) is 29.8 Å². The molecule has 162 valence electrons. The third kappa shape index (κ3) is 3.97. The van der Waals surface area contributed by atoms with E-state index in [0.29, 0.717) is 5.82 Å². The van der Waals surface area contributed by atoms with Gasteiger partial charge in [-0.05, 0) is 43.2 Å². The van der Waals surface area contributed by atoms with Crippen LogP contribution in [0.4, 0.5) is 19.0 Å². The Kier molecular flexibility index (Phi) is 5.38. The molecule has 1 aliphatic heterocycles. The van der Waals surface area contributed by atoms with E-state index >= 15 is 0 Å². The number of amides is 1. The summed E-state index contributed by atoms with van der Waals surface area (Å²) in [5, 5.41) is 20.6. The van der Waals surface area contributed by atoms with Gasteiger partial charge in [0.25, 0.3) is 5.91 Å². The molecule has 10 heteroatoms. The first kappa shape index (κ1) is 20.8. The van der Waals surface area contributed by atoms with Crippen molar-refractivity contribution in [3.05, 3.63) is 47.8 Å². The molecule has 7 nitrogen and oxygen atoms in total. The minimum absolute atomic E-state index is 0.0509. The molecule has 0 bridgehead atoms. The Balaban J connectivity index is 1.50. The standard InChI is InChI=1S/C21H20F3N5O2/c22-11-8-21(9-11,19-14(23)2-1-5-26-19)10-27-18-4-3-16(28-29-18)12-6-13(20(25)31)17(30)7-15(12)24/h1-7,11,14,19,30H,8-10H2,(H2,25,31)(H,27,29)/t11-,14?,19?,21-. The molecule has 1 aromatic heterocycles. The second-order valence-corrected chi connectivity index (χ2v) is 7.81. The average molecular weight is 431 g/mol. The van der Waals surface area contributed by atoms with Gasteiger partial charge < -0.3 is 16.2 Å². The smallest absolute Gasteiger partial charge is 0.252 e. The lowest BCUT2D eigenvalue weighted by Gasteiger charge is -2.49. The third-order valence-electron chi connectivity index (χ3n) is 5.73. The SMILES string of the molecule is NC(=O)c1cc(-c2ccc(NC[C@]3(C4N=CC=CC4F)C[C@H](F)C3)nn2)c(F)cc1O. The average Bonchev–Trinajstić information content (AvgIpc) is 2.71.